The number of nitrogens with zero attached hydrogens (tertiary/aromatic N) is 1. The van der Waals surface area contributed by atoms with E-state index in [1.165, 1.54) is 32.4 Å². The summed E-state index contributed by atoms with van der Waals surface area (Å²) in [6.45, 7) is 3.69. The average Bonchev–Trinajstić information content (AvgIpc) is 2.63. The van der Waals surface area contributed by atoms with Gasteiger partial charge in [0.05, 0.1) is 0 Å². The second-order valence-corrected chi connectivity index (χ2v) is 4.75. The number of hydrogen-bond acceptors (Lipinski definition) is 2. The van der Waals surface area contributed by atoms with Gasteiger partial charge in [0.25, 0.3) is 0 Å². The summed E-state index contributed by atoms with van der Waals surface area (Å²) in [5, 5.41) is 0. The summed E-state index contributed by atoms with van der Waals surface area (Å²) in [6.07, 6.45) is 8.40. The molecule has 1 atom stereocenters. The van der Waals surface area contributed by atoms with E-state index in [9.17, 15) is 4.79 Å². The summed E-state index contributed by atoms with van der Waals surface area (Å²) in [7, 11) is 0. The molecule has 1 saturated carbocycles. The van der Waals surface area contributed by atoms with Gasteiger partial charge in [-0.15, -0.1) is 0 Å². The Balaban J connectivity index is 1.68. The number of piperidine rings is 1. The maximum Gasteiger partial charge on any atom is 0.136 e. The van der Waals surface area contributed by atoms with E-state index < -0.39 is 0 Å². The van der Waals surface area contributed by atoms with Crippen LogP contribution in [0.25, 0.3) is 0 Å². The maximum atomic E-state index is 11.4. The molecule has 2 rings (SSSR count). The van der Waals surface area contributed by atoms with Crippen LogP contribution in [0.2, 0.25) is 0 Å². The fourth-order valence-corrected chi connectivity index (χ4v) is 2.71. The number of carbonyl (C=O) groups is 1. The van der Waals surface area contributed by atoms with Gasteiger partial charge < -0.3 is 4.90 Å². The van der Waals surface area contributed by atoms with Gasteiger partial charge in [0.2, 0.25) is 0 Å². The van der Waals surface area contributed by atoms with E-state index in [4.69, 9.17) is 0 Å². The van der Waals surface area contributed by atoms with Crippen LogP contribution in [0, 0.1) is 5.92 Å². The fraction of sp³-hybridized carbons (Fsp3) is 0.917. The van der Waals surface area contributed by atoms with Crippen molar-refractivity contribution in [1.82, 2.24) is 4.90 Å². The smallest absolute Gasteiger partial charge is 0.136 e. The number of likely N-dealkylation sites (tertiary alicyclic amines) is 1. The minimum absolute atomic E-state index is 0.414. The molecule has 1 aliphatic carbocycles. The van der Waals surface area contributed by atoms with E-state index in [0.717, 1.165) is 32.2 Å². The molecule has 0 aromatic heterocycles. The predicted octanol–water partition coefficient (Wildman–Crippen LogP) is 2.23. The van der Waals surface area contributed by atoms with Crippen LogP contribution in [0.4, 0.5) is 0 Å². The van der Waals surface area contributed by atoms with Crippen molar-refractivity contribution in [3.05, 3.63) is 0 Å². The Morgan fingerprint density at radius 2 is 1.93 bits per heavy atom. The quantitative estimate of drug-likeness (QED) is 0.688. The van der Waals surface area contributed by atoms with E-state index in [0.29, 0.717) is 11.7 Å². The third-order valence-electron chi connectivity index (χ3n) is 3.67. The molecule has 1 unspecified atom stereocenters. The van der Waals surface area contributed by atoms with Gasteiger partial charge in [0, 0.05) is 12.3 Å². The van der Waals surface area contributed by atoms with Crippen LogP contribution in [0.5, 0.6) is 0 Å². The Kier molecular flexibility index (Phi) is 3.57. The molecule has 14 heavy (non-hydrogen) atoms. The van der Waals surface area contributed by atoms with Crippen LogP contribution in [-0.2, 0) is 4.79 Å². The lowest BCUT2D eigenvalue weighted by Crippen LogP contribution is -2.31. The Morgan fingerprint density at radius 1 is 1.14 bits per heavy atom. The molecule has 2 nitrogen and oxygen atoms in total. The third-order valence-corrected chi connectivity index (χ3v) is 3.67. The third kappa shape index (κ3) is 2.57. The lowest BCUT2D eigenvalue weighted by atomic mass is 10.0. The predicted molar refractivity (Wildman–Crippen MR) is 57.3 cm³/mol. The molecular formula is C12H21NO. The fourth-order valence-electron chi connectivity index (χ4n) is 2.71. The molecule has 1 aliphatic heterocycles. The van der Waals surface area contributed by atoms with E-state index in [1.54, 1.807) is 0 Å². The summed E-state index contributed by atoms with van der Waals surface area (Å²) in [5.41, 5.74) is 0. The number of Topliss-reactive ketones (excluding diaryl/α,β-unsaturated/α-hetero) is 1. The van der Waals surface area contributed by atoms with Crippen LogP contribution >= 0.6 is 0 Å². The monoisotopic (exact) mass is 195 g/mol. The summed E-state index contributed by atoms with van der Waals surface area (Å²) < 4.78 is 0. The molecule has 0 bridgehead atoms. The summed E-state index contributed by atoms with van der Waals surface area (Å²) >= 11 is 0. The zero-order valence-corrected chi connectivity index (χ0v) is 9.00. The SMILES string of the molecule is O=C1CCCC1CCN1CCCCC1. The van der Waals surface area contributed by atoms with Crippen LogP contribution in [0.15, 0.2) is 0 Å². The van der Waals surface area contributed by atoms with Crippen LogP contribution in [0.1, 0.15) is 44.9 Å². The Hall–Kier alpha value is -0.370. The first-order valence-electron chi connectivity index (χ1n) is 6.11. The first-order chi connectivity index (χ1) is 6.86. The topological polar surface area (TPSA) is 20.3 Å². The number of rotatable bonds is 3. The Labute approximate surface area is 86.7 Å². The first-order valence-corrected chi connectivity index (χ1v) is 6.11. The molecule has 0 aromatic carbocycles. The molecule has 0 amide bonds. The van der Waals surface area contributed by atoms with E-state index in [1.807, 2.05) is 0 Å². The molecule has 80 valence electrons. The highest BCUT2D eigenvalue weighted by Gasteiger charge is 2.24. The van der Waals surface area contributed by atoms with E-state index >= 15 is 0 Å². The van der Waals surface area contributed by atoms with Crippen molar-refractivity contribution >= 4 is 5.78 Å². The molecule has 0 N–H and O–H groups in total. The van der Waals surface area contributed by atoms with Gasteiger partial charge in [-0.3, -0.25) is 4.79 Å². The highest BCUT2D eigenvalue weighted by molar-refractivity contribution is 5.82. The lowest BCUT2D eigenvalue weighted by molar-refractivity contribution is -0.120. The highest BCUT2D eigenvalue weighted by atomic mass is 16.1. The largest absolute Gasteiger partial charge is 0.303 e. The Bertz CT molecular complexity index is 196. The van der Waals surface area contributed by atoms with Crippen molar-refractivity contribution in [2.24, 2.45) is 5.92 Å². The summed E-state index contributed by atoms with van der Waals surface area (Å²) in [6, 6.07) is 0. The molecule has 1 heterocycles. The van der Waals surface area contributed by atoms with Gasteiger partial charge in [-0.2, -0.15) is 0 Å². The molecule has 2 heteroatoms. The number of hydrogen-bond donors (Lipinski definition) is 0. The first kappa shape index (κ1) is 10.2. The summed E-state index contributed by atoms with van der Waals surface area (Å²) in [5.74, 6) is 0.943. The van der Waals surface area contributed by atoms with Crippen molar-refractivity contribution in [2.75, 3.05) is 19.6 Å². The van der Waals surface area contributed by atoms with Crippen molar-refractivity contribution in [1.29, 1.82) is 0 Å². The van der Waals surface area contributed by atoms with Crippen molar-refractivity contribution in [2.45, 2.75) is 44.9 Å². The second kappa shape index (κ2) is 4.92. The minimum atomic E-state index is 0.414. The van der Waals surface area contributed by atoms with Gasteiger partial charge in [0.1, 0.15) is 5.78 Å². The molecule has 1 saturated heterocycles. The molecular weight excluding hydrogens is 174 g/mol. The number of ketones is 1. The van der Waals surface area contributed by atoms with E-state index in [-0.39, 0.29) is 0 Å². The maximum absolute atomic E-state index is 11.4. The molecule has 0 aromatic rings. The lowest BCUT2D eigenvalue weighted by Gasteiger charge is -2.27. The summed E-state index contributed by atoms with van der Waals surface area (Å²) in [4.78, 5) is 14.0. The van der Waals surface area contributed by atoms with Crippen LogP contribution < -0.4 is 0 Å². The van der Waals surface area contributed by atoms with Gasteiger partial charge in [-0.25, -0.2) is 0 Å². The molecule has 0 spiro atoms. The highest BCUT2D eigenvalue weighted by Crippen LogP contribution is 2.24. The van der Waals surface area contributed by atoms with Crippen LogP contribution in [-0.4, -0.2) is 30.3 Å². The van der Waals surface area contributed by atoms with Gasteiger partial charge in [-0.05, 0) is 51.7 Å². The molecule has 2 aliphatic rings. The zero-order chi connectivity index (χ0) is 9.80. The van der Waals surface area contributed by atoms with Gasteiger partial charge >= 0.3 is 0 Å². The van der Waals surface area contributed by atoms with E-state index in [2.05, 4.69) is 4.90 Å². The Morgan fingerprint density at radius 3 is 2.57 bits per heavy atom. The van der Waals surface area contributed by atoms with Crippen LogP contribution in [0.3, 0.4) is 0 Å². The number of carbonyl (C=O) groups excluding carboxylic acids is 1. The average molecular weight is 195 g/mol. The second-order valence-electron chi connectivity index (χ2n) is 4.75. The molecule has 2 fully saturated rings. The molecule has 0 radical (unpaired) electrons. The standard InChI is InChI=1S/C12H21NO/c14-12-6-4-5-11(12)7-10-13-8-2-1-3-9-13/h11H,1-10H2. The minimum Gasteiger partial charge on any atom is -0.303 e. The normalized spacial score (nSPS) is 29.7. The van der Waals surface area contributed by atoms with Crippen molar-refractivity contribution in [3.63, 3.8) is 0 Å². The zero-order valence-electron chi connectivity index (χ0n) is 9.00. The van der Waals surface area contributed by atoms with Crippen molar-refractivity contribution < 1.29 is 4.79 Å². The van der Waals surface area contributed by atoms with Crippen molar-refractivity contribution in [3.8, 4) is 0 Å². The van der Waals surface area contributed by atoms with Gasteiger partial charge in [0.15, 0.2) is 0 Å². The van der Waals surface area contributed by atoms with Gasteiger partial charge in [-0.1, -0.05) is 6.42 Å².